The fourth-order valence-electron chi connectivity index (χ4n) is 3.26. The minimum absolute atomic E-state index is 0.0224. The monoisotopic (exact) mass is 444 g/mol. The maximum Gasteiger partial charge on any atom is 0.262 e. The molecule has 1 heterocycles. The topological polar surface area (TPSA) is 58.6 Å². The number of carbonyl (C=O) groups is 2. The van der Waals surface area contributed by atoms with Gasteiger partial charge in [0, 0.05) is 23.2 Å². The van der Waals surface area contributed by atoms with Crippen molar-refractivity contribution in [3.8, 4) is 5.75 Å². The number of nitrogens with one attached hydrogen (secondary N) is 1. The molecule has 1 aliphatic rings. The smallest absolute Gasteiger partial charge is 0.262 e. The van der Waals surface area contributed by atoms with E-state index in [4.69, 9.17) is 4.74 Å². The van der Waals surface area contributed by atoms with Crippen molar-refractivity contribution in [1.29, 1.82) is 0 Å². The summed E-state index contributed by atoms with van der Waals surface area (Å²) in [6, 6.07) is 14.5. The molecule has 1 aliphatic heterocycles. The quantitative estimate of drug-likeness (QED) is 0.714. The first-order chi connectivity index (χ1) is 13.6. The van der Waals surface area contributed by atoms with Crippen molar-refractivity contribution in [1.82, 2.24) is 4.90 Å². The first kappa shape index (κ1) is 20.4. The molecule has 3 rings (SSSR count). The summed E-state index contributed by atoms with van der Waals surface area (Å²) in [5.41, 5.74) is 1.21. The van der Waals surface area contributed by atoms with Gasteiger partial charge >= 0.3 is 0 Å². The number of nitrogens with zero attached hydrogens (tertiary/aromatic N) is 1. The van der Waals surface area contributed by atoms with E-state index in [1.54, 1.807) is 24.3 Å². The van der Waals surface area contributed by atoms with Gasteiger partial charge in [0.25, 0.3) is 11.8 Å². The fourth-order valence-corrected chi connectivity index (χ4v) is 3.53. The molecule has 0 bridgehead atoms. The Balaban J connectivity index is 1.62. The Labute approximate surface area is 174 Å². The fraction of sp³-hybridized carbons (Fsp3) is 0.364. The summed E-state index contributed by atoms with van der Waals surface area (Å²) in [6.07, 6.45) is 5.64. The highest BCUT2D eigenvalue weighted by atomic mass is 79.9. The minimum Gasteiger partial charge on any atom is -0.483 e. The van der Waals surface area contributed by atoms with Gasteiger partial charge in [0.1, 0.15) is 5.75 Å². The van der Waals surface area contributed by atoms with Crippen molar-refractivity contribution in [2.45, 2.75) is 32.1 Å². The molecule has 0 saturated carbocycles. The van der Waals surface area contributed by atoms with Crippen molar-refractivity contribution in [2.24, 2.45) is 0 Å². The summed E-state index contributed by atoms with van der Waals surface area (Å²) in [5.74, 6) is 0.155. The Kier molecular flexibility index (Phi) is 7.48. The summed E-state index contributed by atoms with van der Waals surface area (Å²) < 4.78 is 6.64. The molecule has 5 nitrogen and oxygen atoms in total. The number of ether oxygens (including phenoxy) is 1. The van der Waals surface area contributed by atoms with Crippen LogP contribution in [0.15, 0.2) is 53.0 Å². The number of para-hydroxylation sites is 1. The molecule has 2 aromatic carbocycles. The van der Waals surface area contributed by atoms with Gasteiger partial charge in [0.15, 0.2) is 6.61 Å². The number of rotatable bonds is 5. The van der Waals surface area contributed by atoms with Gasteiger partial charge in [-0.25, -0.2) is 0 Å². The van der Waals surface area contributed by atoms with Crippen molar-refractivity contribution < 1.29 is 14.3 Å². The number of benzene rings is 2. The second-order valence-corrected chi connectivity index (χ2v) is 7.82. The second-order valence-electron chi connectivity index (χ2n) is 6.90. The average Bonchev–Trinajstić information content (AvgIpc) is 2.68. The zero-order valence-corrected chi connectivity index (χ0v) is 17.4. The predicted octanol–water partition coefficient (Wildman–Crippen LogP) is 4.87. The zero-order valence-electron chi connectivity index (χ0n) is 15.8. The highest BCUT2D eigenvalue weighted by Gasteiger charge is 2.20. The highest BCUT2D eigenvalue weighted by Crippen LogP contribution is 2.22. The second kappa shape index (κ2) is 10.3. The van der Waals surface area contributed by atoms with E-state index in [9.17, 15) is 9.59 Å². The Morgan fingerprint density at radius 3 is 2.29 bits per heavy atom. The van der Waals surface area contributed by atoms with Crippen molar-refractivity contribution in [3.05, 3.63) is 58.6 Å². The average molecular weight is 445 g/mol. The molecule has 0 aliphatic carbocycles. The van der Waals surface area contributed by atoms with Crippen LogP contribution in [0.25, 0.3) is 0 Å². The molecule has 28 heavy (non-hydrogen) atoms. The lowest BCUT2D eigenvalue weighted by molar-refractivity contribution is -0.118. The van der Waals surface area contributed by atoms with Crippen LogP contribution >= 0.6 is 15.9 Å². The first-order valence-electron chi connectivity index (χ1n) is 9.70. The molecule has 0 aromatic heterocycles. The lowest BCUT2D eigenvalue weighted by Gasteiger charge is -2.25. The number of amides is 2. The summed E-state index contributed by atoms with van der Waals surface area (Å²) in [7, 11) is 0. The molecule has 148 valence electrons. The van der Waals surface area contributed by atoms with Gasteiger partial charge in [-0.05, 0) is 49.2 Å². The SMILES string of the molecule is O=C(COc1ccccc1C(=O)N1CCCCCCC1)Nc1ccc(Br)cc1. The summed E-state index contributed by atoms with van der Waals surface area (Å²) in [4.78, 5) is 27.1. The van der Waals surface area contributed by atoms with E-state index in [0.29, 0.717) is 17.0 Å². The van der Waals surface area contributed by atoms with Crippen LogP contribution in [-0.2, 0) is 4.79 Å². The van der Waals surface area contributed by atoms with Crippen LogP contribution in [0.4, 0.5) is 5.69 Å². The predicted molar refractivity (Wildman–Crippen MR) is 114 cm³/mol. The molecule has 0 radical (unpaired) electrons. The molecule has 0 atom stereocenters. The van der Waals surface area contributed by atoms with Crippen LogP contribution < -0.4 is 10.1 Å². The number of halogens is 1. The van der Waals surface area contributed by atoms with Gasteiger partial charge < -0.3 is 15.0 Å². The zero-order chi connectivity index (χ0) is 19.8. The van der Waals surface area contributed by atoms with Gasteiger partial charge in [-0.3, -0.25) is 9.59 Å². The van der Waals surface area contributed by atoms with Crippen LogP contribution in [0.1, 0.15) is 42.5 Å². The number of anilines is 1. The van der Waals surface area contributed by atoms with Gasteiger partial charge in [0.2, 0.25) is 0 Å². The largest absolute Gasteiger partial charge is 0.483 e. The van der Waals surface area contributed by atoms with Crippen LogP contribution in [0, 0.1) is 0 Å². The van der Waals surface area contributed by atoms with Gasteiger partial charge in [-0.1, -0.05) is 47.3 Å². The molecule has 2 amide bonds. The molecular formula is C22H25BrN2O3. The van der Waals surface area contributed by atoms with E-state index >= 15 is 0 Å². The molecular weight excluding hydrogens is 420 g/mol. The van der Waals surface area contributed by atoms with Gasteiger partial charge in [0.05, 0.1) is 5.56 Å². The normalized spacial score (nSPS) is 14.7. The molecule has 1 saturated heterocycles. The molecule has 0 spiro atoms. The minimum atomic E-state index is -0.268. The Morgan fingerprint density at radius 2 is 1.57 bits per heavy atom. The lowest BCUT2D eigenvalue weighted by atomic mass is 10.1. The van der Waals surface area contributed by atoms with Gasteiger partial charge in [-0.2, -0.15) is 0 Å². The van der Waals surface area contributed by atoms with Crippen LogP contribution in [0.2, 0.25) is 0 Å². The Bertz CT molecular complexity index is 800. The number of likely N-dealkylation sites (tertiary alicyclic amines) is 1. The lowest BCUT2D eigenvalue weighted by Crippen LogP contribution is -2.34. The van der Waals surface area contributed by atoms with E-state index < -0.39 is 0 Å². The van der Waals surface area contributed by atoms with E-state index in [-0.39, 0.29) is 18.4 Å². The number of hydrogen-bond donors (Lipinski definition) is 1. The summed E-state index contributed by atoms with van der Waals surface area (Å²) in [6.45, 7) is 1.40. The maximum atomic E-state index is 13.0. The third kappa shape index (κ3) is 5.83. The Morgan fingerprint density at radius 1 is 0.929 bits per heavy atom. The molecule has 1 N–H and O–H groups in total. The van der Waals surface area contributed by atoms with Crippen molar-refractivity contribution >= 4 is 33.4 Å². The van der Waals surface area contributed by atoms with Gasteiger partial charge in [-0.15, -0.1) is 0 Å². The summed E-state index contributed by atoms with van der Waals surface area (Å²) in [5, 5.41) is 2.79. The molecule has 6 heteroatoms. The van der Waals surface area contributed by atoms with E-state index in [0.717, 1.165) is 43.2 Å². The standard InChI is InChI=1S/C22H25BrN2O3/c23-17-10-12-18(13-11-17)24-21(26)16-28-20-9-5-4-8-19(20)22(27)25-14-6-2-1-3-7-15-25/h4-5,8-13H,1-3,6-7,14-16H2,(H,24,26). The Hall–Kier alpha value is -2.34. The third-order valence-electron chi connectivity index (χ3n) is 4.75. The van der Waals surface area contributed by atoms with E-state index in [2.05, 4.69) is 21.2 Å². The summed E-state index contributed by atoms with van der Waals surface area (Å²) >= 11 is 3.36. The van der Waals surface area contributed by atoms with E-state index in [1.807, 2.05) is 29.2 Å². The maximum absolute atomic E-state index is 13.0. The van der Waals surface area contributed by atoms with E-state index in [1.165, 1.54) is 6.42 Å². The van der Waals surface area contributed by atoms with Crippen LogP contribution in [0.5, 0.6) is 5.75 Å². The molecule has 1 fully saturated rings. The third-order valence-corrected chi connectivity index (χ3v) is 5.28. The molecule has 2 aromatic rings. The van der Waals surface area contributed by atoms with Crippen molar-refractivity contribution in [2.75, 3.05) is 25.0 Å². The number of hydrogen-bond acceptors (Lipinski definition) is 3. The first-order valence-corrected chi connectivity index (χ1v) is 10.5. The van der Waals surface area contributed by atoms with Crippen molar-refractivity contribution in [3.63, 3.8) is 0 Å². The van der Waals surface area contributed by atoms with Crippen LogP contribution in [0.3, 0.4) is 0 Å². The highest BCUT2D eigenvalue weighted by molar-refractivity contribution is 9.10. The van der Waals surface area contributed by atoms with Crippen LogP contribution in [-0.4, -0.2) is 36.4 Å². The molecule has 0 unspecified atom stereocenters. The number of carbonyl (C=O) groups excluding carboxylic acids is 2.